The van der Waals surface area contributed by atoms with Crippen LogP contribution in [0.1, 0.15) is 53.0 Å². The third-order valence-electron chi connectivity index (χ3n) is 6.88. The van der Waals surface area contributed by atoms with Crippen molar-refractivity contribution in [3.8, 4) is 0 Å². The fourth-order valence-electron chi connectivity index (χ4n) is 5.11. The average molecular weight is 406 g/mol. The quantitative estimate of drug-likeness (QED) is 0.767. The molecule has 0 bridgehead atoms. The molecule has 1 aliphatic carbocycles. The van der Waals surface area contributed by atoms with Crippen molar-refractivity contribution in [2.24, 2.45) is 0 Å². The lowest BCUT2D eigenvalue weighted by atomic mass is 9.75. The summed E-state index contributed by atoms with van der Waals surface area (Å²) in [4.78, 5) is 39.0. The van der Waals surface area contributed by atoms with Gasteiger partial charge in [0.2, 0.25) is 5.91 Å². The zero-order chi connectivity index (χ0) is 20.9. The second-order valence-corrected chi connectivity index (χ2v) is 8.70. The summed E-state index contributed by atoms with van der Waals surface area (Å²) < 4.78 is 2.16. The van der Waals surface area contributed by atoms with E-state index in [-0.39, 0.29) is 29.3 Å². The summed E-state index contributed by atoms with van der Waals surface area (Å²) in [6.45, 7) is 5.40. The molecule has 2 fully saturated rings. The van der Waals surface area contributed by atoms with Gasteiger partial charge in [0.25, 0.3) is 11.8 Å². The van der Waals surface area contributed by atoms with Crippen LogP contribution < -0.4 is 10.6 Å². The lowest BCUT2D eigenvalue weighted by Crippen LogP contribution is -2.55. The van der Waals surface area contributed by atoms with Gasteiger partial charge in [-0.3, -0.25) is 14.4 Å². The van der Waals surface area contributed by atoms with E-state index in [4.69, 9.17) is 0 Å². The Hall–Kier alpha value is -3.09. The van der Waals surface area contributed by atoms with Crippen molar-refractivity contribution in [2.45, 2.75) is 43.7 Å². The third-order valence-corrected chi connectivity index (χ3v) is 6.88. The number of nitrogens with one attached hydrogen (secondary N) is 2. The third kappa shape index (κ3) is 2.91. The molecule has 1 atom stereocenters. The Balaban J connectivity index is 1.42. The van der Waals surface area contributed by atoms with Gasteiger partial charge in [-0.25, -0.2) is 0 Å². The van der Waals surface area contributed by atoms with Crippen LogP contribution in [0.15, 0.2) is 36.9 Å². The molecule has 156 valence electrons. The van der Waals surface area contributed by atoms with E-state index in [1.807, 2.05) is 24.3 Å². The number of carbonyl (C=O) groups is 3. The first-order valence-corrected chi connectivity index (χ1v) is 10.7. The molecule has 2 aliphatic heterocycles. The molecule has 7 nitrogen and oxygen atoms in total. The summed E-state index contributed by atoms with van der Waals surface area (Å²) in [6.07, 6.45) is 6.24. The lowest BCUT2D eigenvalue weighted by molar-refractivity contribution is -0.127. The van der Waals surface area contributed by atoms with Crippen LogP contribution in [0.5, 0.6) is 0 Å². The number of fused-ring (bicyclic) bond motifs is 4. The van der Waals surface area contributed by atoms with Crippen LogP contribution in [-0.4, -0.2) is 52.9 Å². The smallest absolute Gasteiger partial charge is 0.268 e. The Bertz CT molecular complexity index is 1070. The predicted molar refractivity (Wildman–Crippen MR) is 113 cm³/mol. The van der Waals surface area contributed by atoms with E-state index in [9.17, 15) is 14.4 Å². The number of benzene rings is 1. The summed E-state index contributed by atoms with van der Waals surface area (Å²) in [6, 6.07) is 7.48. The van der Waals surface area contributed by atoms with Crippen molar-refractivity contribution in [1.82, 2.24) is 20.1 Å². The maximum absolute atomic E-state index is 13.0. The average Bonchev–Trinajstić information content (AvgIpc) is 3.12. The maximum Gasteiger partial charge on any atom is 0.268 e. The monoisotopic (exact) mass is 406 g/mol. The molecule has 3 amide bonds. The van der Waals surface area contributed by atoms with Gasteiger partial charge in [-0.1, -0.05) is 12.6 Å². The molecule has 3 heterocycles. The summed E-state index contributed by atoms with van der Waals surface area (Å²) in [5.41, 5.74) is 2.14. The van der Waals surface area contributed by atoms with E-state index in [2.05, 4.69) is 21.8 Å². The Morgan fingerprint density at radius 1 is 1.23 bits per heavy atom. The van der Waals surface area contributed by atoms with Crippen LogP contribution in [0.3, 0.4) is 0 Å². The van der Waals surface area contributed by atoms with Crippen LogP contribution in [-0.2, 0) is 10.3 Å². The second kappa shape index (κ2) is 7.00. The van der Waals surface area contributed by atoms with Gasteiger partial charge in [-0.2, -0.15) is 0 Å². The van der Waals surface area contributed by atoms with E-state index in [1.165, 1.54) is 6.08 Å². The first-order valence-electron chi connectivity index (χ1n) is 10.7. The molecule has 3 aliphatic rings. The minimum absolute atomic E-state index is 0.0519. The van der Waals surface area contributed by atoms with Gasteiger partial charge in [0.1, 0.15) is 5.69 Å². The molecule has 1 saturated heterocycles. The van der Waals surface area contributed by atoms with Crippen LogP contribution in [0.25, 0.3) is 10.9 Å². The number of rotatable bonds is 3. The number of nitrogens with zero attached hydrogens (tertiary/aromatic N) is 2. The topological polar surface area (TPSA) is 83.4 Å². The zero-order valence-electron chi connectivity index (χ0n) is 16.9. The lowest BCUT2D eigenvalue weighted by Gasteiger charge is -2.47. The molecule has 2 N–H and O–H groups in total. The summed E-state index contributed by atoms with van der Waals surface area (Å²) in [7, 11) is 0. The van der Waals surface area contributed by atoms with Crippen molar-refractivity contribution in [3.05, 3.63) is 48.2 Å². The predicted octanol–water partition coefficient (Wildman–Crippen LogP) is 2.17. The Labute approximate surface area is 175 Å². The van der Waals surface area contributed by atoms with Gasteiger partial charge in [0.15, 0.2) is 0 Å². The zero-order valence-corrected chi connectivity index (χ0v) is 16.9. The van der Waals surface area contributed by atoms with Gasteiger partial charge < -0.3 is 20.1 Å². The van der Waals surface area contributed by atoms with Crippen molar-refractivity contribution < 1.29 is 14.4 Å². The van der Waals surface area contributed by atoms with Crippen LogP contribution >= 0.6 is 0 Å². The number of aromatic nitrogens is 1. The van der Waals surface area contributed by atoms with E-state index in [1.54, 1.807) is 4.90 Å². The SMILES string of the molecule is C=CC(=O)N1CCC[C@H](NC(=O)c2ccc3cc4n(c3c2)C2(CCC2)CNC4=O)C1. The number of hydrogen-bond acceptors (Lipinski definition) is 3. The summed E-state index contributed by atoms with van der Waals surface area (Å²) in [5, 5.41) is 7.08. The van der Waals surface area contributed by atoms with Crippen LogP contribution in [0.2, 0.25) is 0 Å². The molecule has 0 radical (unpaired) electrons. The molecule has 7 heteroatoms. The fourth-order valence-corrected chi connectivity index (χ4v) is 5.11. The van der Waals surface area contributed by atoms with Gasteiger partial charge in [0.05, 0.1) is 11.1 Å². The molecule has 30 heavy (non-hydrogen) atoms. The Morgan fingerprint density at radius 2 is 2.07 bits per heavy atom. The van der Waals surface area contributed by atoms with Crippen molar-refractivity contribution in [2.75, 3.05) is 19.6 Å². The van der Waals surface area contributed by atoms with Gasteiger partial charge in [0, 0.05) is 36.6 Å². The van der Waals surface area contributed by atoms with Crippen LogP contribution in [0, 0.1) is 0 Å². The minimum atomic E-state index is -0.145. The van der Waals surface area contributed by atoms with E-state index in [0.29, 0.717) is 30.9 Å². The number of piperidine rings is 1. The normalized spacial score (nSPS) is 22.2. The molecule has 1 spiro atoms. The van der Waals surface area contributed by atoms with Crippen molar-refractivity contribution in [1.29, 1.82) is 0 Å². The van der Waals surface area contributed by atoms with Crippen LogP contribution in [0.4, 0.5) is 0 Å². The molecular formula is C23H26N4O3. The molecule has 0 unspecified atom stereocenters. The Kier molecular flexibility index (Phi) is 4.41. The second-order valence-electron chi connectivity index (χ2n) is 8.70. The molecule has 5 rings (SSSR count). The van der Waals surface area contributed by atoms with Crippen molar-refractivity contribution in [3.63, 3.8) is 0 Å². The standard InChI is InChI=1S/C23H26N4O3/c1-2-20(28)26-10-3-5-17(13-26)25-21(29)16-7-6-15-11-19-22(30)24-14-23(8-4-9-23)27(19)18(15)12-16/h2,6-7,11-12,17H,1,3-5,8-10,13-14H2,(H,24,30)(H,25,29)/t17-/m0/s1. The van der Waals surface area contributed by atoms with E-state index in [0.717, 1.165) is 43.0 Å². The maximum atomic E-state index is 13.0. The molecule has 2 aromatic rings. The van der Waals surface area contributed by atoms with E-state index >= 15 is 0 Å². The first-order chi connectivity index (χ1) is 14.5. The number of amides is 3. The fraction of sp³-hybridized carbons (Fsp3) is 0.435. The van der Waals surface area contributed by atoms with Gasteiger partial charge in [-0.15, -0.1) is 0 Å². The largest absolute Gasteiger partial charge is 0.348 e. The Morgan fingerprint density at radius 3 is 2.80 bits per heavy atom. The molecule has 1 saturated carbocycles. The van der Waals surface area contributed by atoms with E-state index < -0.39 is 0 Å². The van der Waals surface area contributed by atoms with Crippen molar-refractivity contribution >= 4 is 28.6 Å². The highest BCUT2D eigenvalue weighted by molar-refractivity contribution is 6.03. The highest BCUT2D eigenvalue weighted by Gasteiger charge is 2.44. The summed E-state index contributed by atoms with van der Waals surface area (Å²) >= 11 is 0. The number of likely N-dealkylation sites (tertiary alicyclic amines) is 1. The van der Waals surface area contributed by atoms with Gasteiger partial charge in [-0.05, 0) is 56.4 Å². The molecular weight excluding hydrogens is 380 g/mol. The highest BCUT2D eigenvalue weighted by Crippen LogP contribution is 2.44. The summed E-state index contributed by atoms with van der Waals surface area (Å²) in [5.74, 6) is -0.295. The molecule has 1 aromatic heterocycles. The molecule has 1 aromatic carbocycles. The first kappa shape index (κ1) is 18.9. The van der Waals surface area contributed by atoms with Gasteiger partial charge >= 0.3 is 0 Å². The number of carbonyl (C=O) groups excluding carboxylic acids is 3. The highest BCUT2D eigenvalue weighted by atomic mass is 16.2. The minimum Gasteiger partial charge on any atom is -0.348 e. The number of hydrogen-bond donors (Lipinski definition) is 2.